The third-order valence-electron chi connectivity index (χ3n) is 4.61. The minimum absolute atomic E-state index is 1.14. The molecule has 5 heteroatoms. The quantitative estimate of drug-likeness (QED) is 0.120. The van der Waals surface area contributed by atoms with E-state index in [1.165, 1.54) is 103 Å². The van der Waals surface area contributed by atoms with Gasteiger partial charge in [-0.05, 0) is 6.04 Å². The number of halogens is 3. The molecule has 0 rings (SSSR count). The van der Waals surface area contributed by atoms with Crippen molar-refractivity contribution in [2.75, 3.05) is 0 Å². The number of rotatable bonds is 18. The second-order valence-corrected chi connectivity index (χ2v) is 22.6. The van der Waals surface area contributed by atoms with Gasteiger partial charge in [-0.3, -0.25) is 0 Å². The van der Waals surface area contributed by atoms with Gasteiger partial charge in [-0.1, -0.05) is 110 Å². The molecule has 140 valence electrons. The minimum atomic E-state index is -1.51. The van der Waals surface area contributed by atoms with E-state index in [-0.39, 0.29) is 0 Å². The Morgan fingerprint density at radius 2 is 0.783 bits per heavy atom. The van der Waals surface area contributed by atoms with Crippen molar-refractivity contribution in [1.82, 2.24) is 0 Å². The molecule has 0 fully saturated rings. The third-order valence-corrected chi connectivity index (χ3v) is 19.5. The fraction of sp³-hybridized carbons (Fsp3) is 1.00. The molecule has 23 heavy (non-hydrogen) atoms. The lowest BCUT2D eigenvalue weighted by Gasteiger charge is -2.06. The van der Waals surface area contributed by atoms with Gasteiger partial charge in [0.2, 0.25) is 6.93 Å². The second-order valence-electron chi connectivity index (χ2n) is 6.94. The molecule has 1 unspecified atom stereocenters. The van der Waals surface area contributed by atoms with Crippen LogP contribution in [-0.4, -0.2) is 14.6 Å². The van der Waals surface area contributed by atoms with Crippen molar-refractivity contribution in [2.45, 2.75) is 116 Å². The van der Waals surface area contributed by atoms with Crippen LogP contribution in [0.15, 0.2) is 0 Å². The van der Waals surface area contributed by atoms with E-state index in [1.807, 2.05) is 0 Å². The molecule has 0 aliphatic heterocycles. The topological polar surface area (TPSA) is 0 Å². The zero-order valence-electron chi connectivity index (χ0n) is 15.3. The molecule has 0 radical (unpaired) electrons. The molecular formula is C18H39Cl3Si2. The molecule has 0 aromatic rings. The summed E-state index contributed by atoms with van der Waals surface area (Å²) in [6, 6.07) is 1.14. The summed E-state index contributed by atoms with van der Waals surface area (Å²) in [7, 11) is -1.23. The third kappa shape index (κ3) is 19.5. The van der Waals surface area contributed by atoms with Crippen LogP contribution >= 0.6 is 33.2 Å². The van der Waals surface area contributed by atoms with Crippen molar-refractivity contribution >= 4 is 47.8 Å². The molecular weight excluding hydrogens is 379 g/mol. The largest absolute Gasteiger partial charge is 0.239 e. The number of unbranched alkanes of at least 4 members (excludes halogenated alkanes) is 15. The predicted molar refractivity (Wildman–Crippen MR) is 116 cm³/mol. The Hall–Kier alpha value is 1.30. The van der Waals surface area contributed by atoms with Crippen LogP contribution in [0.3, 0.4) is 0 Å². The highest BCUT2D eigenvalue weighted by Crippen LogP contribution is 2.17. The first-order valence-electron chi connectivity index (χ1n) is 10.1. The van der Waals surface area contributed by atoms with Crippen LogP contribution in [-0.2, 0) is 0 Å². The summed E-state index contributed by atoms with van der Waals surface area (Å²) >= 11 is 18.1. The molecule has 0 amide bonds. The van der Waals surface area contributed by atoms with Crippen LogP contribution in [0, 0.1) is 0 Å². The molecule has 0 aliphatic rings. The van der Waals surface area contributed by atoms with Gasteiger partial charge in [-0.25, -0.2) is 0 Å². The predicted octanol–water partition coefficient (Wildman–Crippen LogP) is 7.99. The Morgan fingerprint density at radius 3 is 1.09 bits per heavy atom. The Labute approximate surface area is 163 Å². The fourth-order valence-electron chi connectivity index (χ4n) is 3.01. The van der Waals surface area contributed by atoms with Gasteiger partial charge < -0.3 is 0 Å². The van der Waals surface area contributed by atoms with Crippen LogP contribution in [0.25, 0.3) is 0 Å². The van der Waals surface area contributed by atoms with Gasteiger partial charge in [0.1, 0.15) is 0 Å². The van der Waals surface area contributed by atoms with Crippen molar-refractivity contribution in [3.05, 3.63) is 0 Å². The zero-order chi connectivity index (χ0) is 17.2. The Kier molecular flexibility index (Phi) is 20.7. The average molecular weight is 418 g/mol. The van der Waals surface area contributed by atoms with Gasteiger partial charge >= 0.3 is 0 Å². The van der Waals surface area contributed by atoms with Gasteiger partial charge in [0.05, 0.1) is 0 Å². The van der Waals surface area contributed by atoms with Gasteiger partial charge in [0, 0.05) is 0 Å². The van der Waals surface area contributed by atoms with Gasteiger partial charge in [0.25, 0.3) is 0 Å². The van der Waals surface area contributed by atoms with Crippen molar-refractivity contribution in [3.63, 3.8) is 0 Å². The smallest absolute Gasteiger partial charge is 0.172 e. The van der Waals surface area contributed by atoms with Crippen molar-refractivity contribution in [1.29, 1.82) is 0 Å². The van der Waals surface area contributed by atoms with E-state index >= 15 is 0 Å². The van der Waals surface area contributed by atoms with Crippen LogP contribution in [0.1, 0.15) is 110 Å². The molecule has 0 spiro atoms. The molecule has 0 nitrogen and oxygen atoms in total. The molecule has 0 N–H and O–H groups in total. The minimum Gasteiger partial charge on any atom is -0.172 e. The summed E-state index contributed by atoms with van der Waals surface area (Å²) in [6.07, 6.45) is 22.6. The van der Waals surface area contributed by atoms with Gasteiger partial charge in [-0.2, -0.15) is 33.2 Å². The lowest BCUT2D eigenvalue weighted by atomic mass is 10.0. The number of hydrogen-bond acceptors (Lipinski definition) is 0. The second kappa shape index (κ2) is 19.6. The zero-order valence-corrected chi connectivity index (χ0v) is 19.9. The maximum atomic E-state index is 6.22. The molecule has 0 aromatic carbocycles. The molecule has 1 atom stereocenters. The Morgan fingerprint density at radius 1 is 0.478 bits per heavy atom. The van der Waals surface area contributed by atoms with Crippen LogP contribution in [0.5, 0.6) is 0 Å². The van der Waals surface area contributed by atoms with E-state index in [2.05, 4.69) is 6.92 Å². The van der Waals surface area contributed by atoms with Crippen molar-refractivity contribution < 1.29 is 0 Å². The van der Waals surface area contributed by atoms with E-state index in [4.69, 9.17) is 33.2 Å². The summed E-state index contributed by atoms with van der Waals surface area (Å²) in [6.45, 7) is 0.777. The average Bonchev–Trinajstić information content (AvgIpc) is 2.54. The lowest BCUT2D eigenvalue weighted by Crippen LogP contribution is -2.18. The Bertz CT molecular complexity index is 228. The maximum Gasteiger partial charge on any atom is 0.239 e. The summed E-state index contributed by atoms with van der Waals surface area (Å²) in [5, 5.41) is 0. The van der Waals surface area contributed by atoms with E-state index in [0.717, 1.165) is 6.04 Å². The first-order valence-corrected chi connectivity index (χ1v) is 18.8. The molecule has 0 aromatic heterocycles. The van der Waals surface area contributed by atoms with E-state index in [9.17, 15) is 0 Å². The summed E-state index contributed by atoms with van der Waals surface area (Å²) in [5.41, 5.74) is 0. The van der Waals surface area contributed by atoms with Crippen molar-refractivity contribution in [3.8, 4) is 0 Å². The molecule has 0 aliphatic carbocycles. The summed E-state index contributed by atoms with van der Waals surface area (Å²) in [4.78, 5) is 0. The fourth-order valence-corrected chi connectivity index (χ4v) is 8.14. The molecule has 0 heterocycles. The van der Waals surface area contributed by atoms with E-state index < -0.39 is 14.6 Å². The molecule has 0 saturated heterocycles. The van der Waals surface area contributed by atoms with Crippen molar-refractivity contribution in [2.24, 2.45) is 0 Å². The molecule has 0 bridgehead atoms. The summed E-state index contributed by atoms with van der Waals surface area (Å²) in [5.74, 6) is 0. The Balaban J connectivity index is 3.03. The normalized spacial score (nSPS) is 12.9. The molecule has 0 saturated carbocycles. The van der Waals surface area contributed by atoms with Crippen LogP contribution < -0.4 is 0 Å². The first kappa shape index (κ1) is 24.3. The van der Waals surface area contributed by atoms with E-state index in [0.29, 0.717) is 0 Å². The monoisotopic (exact) mass is 416 g/mol. The van der Waals surface area contributed by atoms with Gasteiger partial charge in [-0.15, -0.1) is 0 Å². The first-order chi connectivity index (χ1) is 11.2. The van der Waals surface area contributed by atoms with E-state index in [1.54, 1.807) is 0 Å². The van der Waals surface area contributed by atoms with Gasteiger partial charge in [0.15, 0.2) is 7.62 Å². The highest BCUT2D eigenvalue weighted by molar-refractivity contribution is 7.69. The summed E-state index contributed by atoms with van der Waals surface area (Å²) < 4.78 is 0. The highest BCUT2D eigenvalue weighted by Gasteiger charge is 2.17. The number of hydrogen-bond donors (Lipinski definition) is 0. The van der Waals surface area contributed by atoms with Crippen LogP contribution in [0.2, 0.25) is 6.04 Å². The highest BCUT2D eigenvalue weighted by atomic mass is 35.7. The standard InChI is InChI=1S/C18H39Cl3Si2/c1-2-3-4-5-6-7-8-9-10-11-12-13-14-15-16-17-18-22(19)23(20)21/h22-23H,2-18H2,1H3. The van der Waals surface area contributed by atoms with Crippen LogP contribution in [0.4, 0.5) is 0 Å². The lowest BCUT2D eigenvalue weighted by molar-refractivity contribution is 0.531. The maximum absolute atomic E-state index is 6.22. The SMILES string of the molecule is CCCCCCCCCCCCCCCCCC[SiH](Cl)[SiH](Cl)Cl.